The predicted octanol–water partition coefficient (Wildman–Crippen LogP) is 11.1. The molecule has 0 aliphatic heterocycles. The number of nitro groups is 6. The van der Waals surface area contributed by atoms with E-state index in [2.05, 4.69) is 45.5 Å². The Morgan fingerprint density at radius 2 is 0.861 bits per heavy atom. The van der Waals surface area contributed by atoms with Crippen molar-refractivity contribution < 1.29 is 77.1 Å². The number of methoxy groups -OCH3 is 5. The maximum Gasteiger partial charge on any atom is 0.435 e. The molecule has 0 fully saturated rings. The lowest BCUT2D eigenvalue weighted by atomic mass is 10.2. The normalized spacial score (nSPS) is 10.4. The quantitative estimate of drug-likeness (QED) is 0.0209. The molecular weight excluding hydrogens is 1450 g/mol. The van der Waals surface area contributed by atoms with Crippen molar-refractivity contribution in [2.24, 2.45) is 0 Å². The smallest absolute Gasteiger partial charge is 0.435 e. The summed E-state index contributed by atoms with van der Waals surface area (Å²) in [7, 11) is 7.13. The topological polar surface area (TPSA) is 569 Å². The molecule has 0 saturated carbocycles. The standard InChI is InChI=1S/C11H11N3O5.C10H9N3O5.C10H11N3O3.C10H13N3O.C8H6ClNO4.C8H7N3O3.C7H5N3O3/c1-3-19-11(15)13-9-5-4-7(14(16)17)6-8(9)10(12-13)18-2;1-2-18-10(15)12-8-4-3-6(13(16)17)5-7(8)9(14)11-12;1-3-12-9-5-4-7(13(14)15)6-8(9)10(11-12)16-2;1-3-13-9-5-4-7(11)6-8(9)10(12-13)14-2;1-14-8(11)6-4-5(10(12)13)2-3-7(6)9;1-14-8-6-4-5(11(12)13)2-3-7(6)9-10-8;11-7-5-3-4(10(12)13)1-2-6(5)8-9-7/h4-6H,3H2,1-2H3;3-5H,2H2,1H3,(H,11,14);4-6H,3H2,1-2H3;4-6H,3,11H2,1-2H3;2-4H,1H3;2-4H,1H3,(H,9,10);1-3H,(H2,8,9,11). The minimum Gasteiger partial charge on any atom is -0.479 e. The summed E-state index contributed by atoms with van der Waals surface area (Å²) >= 11 is 5.65. The summed E-state index contributed by atoms with van der Waals surface area (Å²) in [5.74, 6) is 0.851. The van der Waals surface area contributed by atoms with Gasteiger partial charge in [-0.1, -0.05) is 11.6 Å². The van der Waals surface area contributed by atoms with E-state index in [4.69, 9.17) is 45.8 Å². The molecule has 0 radical (unpaired) electrons. The van der Waals surface area contributed by atoms with Crippen LogP contribution in [0.5, 0.6) is 23.5 Å². The molecule has 564 valence electrons. The number of nitrogens with one attached hydrogen (secondary N) is 4. The summed E-state index contributed by atoms with van der Waals surface area (Å²) in [5, 5.41) is 92.5. The molecule has 6 aromatic heterocycles. The maximum atomic E-state index is 11.7. The van der Waals surface area contributed by atoms with Crippen LogP contribution in [0.2, 0.25) is 5.02 Å². The Morgan fingerprint density at radius 3 is 1.35 bits per heavy atom. The zero-order chi connectivity index (χ0) is 79.4. The SMILES string of the molecule is CCOC(=O)n1[nH]c(=O)c2cc([N+](=O)[O-])ccc21.CCOC(=O)n1nc(OC)c2cc([N+](=O)[O-])ccc21.CCn1nc(OC)c2cc(N)ccc21.CCn1nc(OC)c2cc([N+](=O)[O-])ccc21.COC(=O)c1cc([N+](=O)[O-])ccc1Cl.COc1n[nH]c2ccc([N+](=O)[O-])cc12.O=c1[nH][nH]c2ccc([N+](=O)[O-])cc12. The number of aryl methyl sites for hydroxylation is 2. The number of carbonyl (C=O) groups is 3. The molecule has 13 aromatic rings. The fourth-order valence-corrected chi connectivity index (χ4v) is 9.91. The van der Waals surface area contributed by atoms with Gasteiger partial charge in [-0.25, -0.2) is 14.4 Å². The summed E-state index contributed by atoms with van der Waals surface area (Å²) in [4.78, 5) is 117. The Morgan fingerprint density at radius 1 is 0.454 bits per heavy atom. The van der Waals surface area contributed by atoms with Crippen LogP contribution in [-0.2, 0) is 27.3 Å². The summed E-state index contributed by atoms with van der Waals surface area (Å²) in [5.41, 5.74) is 8.76. The lowest BCUT2D eigenvalue weighted by Gasteiger charge is -2.02. The Balaban J connectivity index is 0.000000176. The van der Waals surface area contributed by atoms with Crippen LogP contribution in [0.1, 0.15) is 38.1 Å². The molecule has 0 saturated heterocycles. The first-order valence-corrected chi connectivity index (χ1v) is 31.4. The van der Waals surface area contributed by atoms with Gasteiger partial charge in [0, 0.05) is 91.6 Å². The highest BCUT2D eigenvalue weighted by atomic mass is 35.5. The summed E-state index contributed by atoms with van der Waals surface area (Å²) in [6.45, 7) is 9.18. The number of esters is 1. The molecule has 0 aliphatic rings. The number of non-ortho nitro benzene ring substituents is 6. The van der Waals surface area contributed by atoms with Gasteiger partial charge in [0.05, 0.1) is 154 Å². The van der Waals surface area contributed by atoms with E-state index in [0.29, 0.717) is 62.3 Å². The van der Waals surface area contributed by atoms with Crippen molar-refractivity contribution >= 4 is 135 Å². The number of hydrogen-bond donors (Lipinski definition) is 5. The van der Waals surface area contributed by atoms with Crippen molar-refractivity contribution in [1.82, 2.24) is 59.5 Å². The zero-order valence-corrected chi connectivity index (χ0v) is 58.7. The number of aromatic nitrogens is 12. The van der Waals surface area contributed by atoms with Crippen molar-refractivity contribution in [2.75, 3.05) is 54.5 Å². The highest BCUT2D eigenvalue weighted by Gasteiger charge is 2.23. The Hall–Kier alpha value is -14.9. The van der Waals surface area contributed by atoms with Gasteiger partial charge in [0.2, 0.25) is 23.5 Å². The first kappa shape index (κ1) is 80.4. The van der Waals surface area contributed by atoms with Gasteiger partial charge in [-0.3, -0.25) is 100 Å². The van der Waals surface area contributed by atoms with Crippen LogP contribution >= 0.6 is 11.6 Å². The number of nitrogens with zero attached hydrogens (tertiary/aromatic N) is 14. The molecule has 0 spiro atoms. The van der Waals surface area contributed by atoms with Gasteiger partial charge in [0.25, 0.3) is 45.2 Å². The van der Waals surface area contributed by atoms with Gasteiger partial charge in [-0.15, -0.1) is 20.4 Å². The minimum absolute atomic E-state index is 0.0108. The first-order valence-electron chi connectivity index (χ1n) is 31.0. The van der Waals surface area contributed by atoms with Crippen LogP contribution in [0.15, 0.2) is 137 Å². The van der Waals surface area contributed by atoms with Crippen LogP contribution < -0.4 is 35.8 Å². The average molecular weight is 1520 g/mol. The highest BCUT2D eigenvalue weighted by Crippen LogP contribution is 2.32. The van der Waals surface area contributed by atoms with Gasteiger partial charge in [-0.2, -0.15) is 9.36 Å². The van der Waals surface area contributed by atoms with E-state index in [9.17, 15) is 84.7 Å². The number of carbonyl (C=O) groups excluding carboxylic acids is 3. The van der Waals surface area contributed by atoms with Crippen LogP contribution in [0.3, 0.4) is 0 Å². The number of hydrogen-bond acceptors (Lipinski definition) is 29. The molecule has 6 N–H and O–H groups in total. The van der Waals surface area contributed by atoms with Crippen LogP contribution in [0.25, 0.3) is 65.4 Å². The maximum absolute atomic E-state index is 11.7. The largest absolute Gasteiger partial charge is 0.479 e. The van der Waals surface area contributed by atoms with Gasteiger partial charge >= 0.3 is 18.2 Å². The number of nitro benzene ring substituents is 6. The predicted molar refractivity (Wildman–Crippen MR) is 386 cm³/mol. The van der Waals surface area contributed by atoms with E-state index in [1.54, 1.807) is 37.8 Å². The third-order valence-corrected chi connectivity index (χ3v) is 15.0. The molecule has 0 bridgehead atoms. The number of nitrogens with two attached hydrogens (primary N) is 1. The molecule has 0 amide bonds. The van der Waals surface area contributed by atoms with Crippen LogP contribution in [0, 0.1) is 60.7 Å². The molecule has 0 aliphatic carbocycles. The number of aromatic amines is 4. The second-order valence-electron chi connectivity index (χ2n) is 21.1. The van der Waals surface area contributed by atoms with Crippen LogP contribution in [0.4, 0.5) is 49.4 Å². The summed E-state index contributed by atoms with van der Waals surface area (Å²) in [6.07, 6.45) is -1.40. The zero-order valence-electron chi connectivity index (χ0n) is 58.0. The number of halogens is 1. The second-order valence-corrected chi connectivity index (χ2v) is 21.5. The number of nitrogen functional groups attached to an aromatic ring is 1. The fourth-order valence-electron chi connectivity index (χ4n) is 9.71. The van der Waals surface area contributed by atoms with E-state index in [1.165, 1.54) is 113 Å². The van der Waals surface area contributed by atoms with Crippen LogP contribution in [-0.4, -0.2) is 156 Å². The van der Waals surface area contributed by atoms with Gasteiger partial charge < -0.3 is 38.9 Å². The third-order valence-electron chi connectivity index (χ3n) is 14.7. The van der Waals surface area contributed by atoms with E-state index in [0.717, 1.165) is 50.1 Å². The molecule has 43 nitrogen and oxygen atoms in total. The van der Waals surface area contributed by atoms with Crippen molar-refractivity contribution in [3.8, 4) is 23.5 Å². The molecule has 7 aromatic carbocycles. The van der Waals surface area contributed by atoms with Crippen molar-refractivity contribution in [3.05, 3.63) is 219 Å². The van der Waals surface area contributed by atoms with E-state index in [1.807, 2.05) is 36.7 Å². The molecule has 44 heteroatoms. The molecule has 13 rings (SSSR count). The Kier molecular flexibility index (Phi) is 27.0. The first-order chi connectivity index (χ1) is 51.5. The second kappa shape index (κ2) is 36.3. The van der Waals surface area contributed by atoms with Gasteiger partial charge in [0.15, 0.2) is 0 Å². The summed E-state index contributed by atoms with van der Waals surface area (Å²) < 4.78 is 39.8. The minimum atomic E-state index is -0.738. The lowest BCUT2D eigenvalue weighted by molar-refractivity contribution is -0.385. The Bertz CT molecular complexity index is 5680. The van der Waals surface area contributed by atoms with Gasteiger partial charge in [-0.05, 0) is 82.3 Å². The number of anilines is 1. The monoisotopic (exact) mass is 1520 g/mol. The average Bonchev–Trinajstić information content (AvgIpc) is 1.65. The number of rotatable bonds is 15. The molecule has 108 heavy (non-hydrogen) atoms. The molecule has 6 heterocycles. The number of H-pyrrole nitrogens is 4. The van der Waals surface area contributed by atoms with E-state index >= 15 is 0 Å². The molecular formula is C64H62ClN19O24. The highest BCUT2D eigenvalue weighted by molar-refractivity contribution is 6.33. The summed E-state index contributed by atoms with van der Waals surface area (Å²) in [6, 6.07) is 30.1. The van der Waals surface area contributed by atoms with E-state index < -0.39 is 53.3 Å². The molecule has 0 unspecified atom stereocenters. The van der Waals surface area contributed by atoms with Crippen molar-refractivity contribution in [2.45, 2.75) is 40.8 Å². The van der Waals surface area contributed by atoms with E-state index in [-0.39, 0.29) is 80.3 Å². The van der Waals surface area contributed by atoms with Crippen molar-refractivity contribution in [1.29, 1.82) is 0 Å². The number of fused-ring (bicyclic) bond motifs is 6. The van der Waals surface area contributed by atoms with Crippen molar-refractivity contribution in [3.63, 3.8) is 0 Å². The number of ether oxygens (including phenoxy) is 7. The number of benzene rings is 7. The Labute approximate surface area is 607 Å². The lowest BCUT2D eigenvalue weighted by Crippen LogP contribution is -2.17. The van der Waals surface area contributed by atoms with Gasteiger partial charge in [0.1, 0.15) is 0 Å². The molecule has 0 atom stereocenters. The third kappa shape index (κ3) is 18.8. The fraction of sp³-hybridized carbons (Fsp3) is 0.203.